The van der Waals surface area contributed by atoms with Gasteiger partial charge in [-0.25, -0.2) is 4.98 Å². The molecule has 1 saturated carbocycles. The monoisotopic (exact) mass is 414 g/mol. The number of imidazole rings is 1. The Morgan fingerprint density at radius 3 is 2.65 bits per heavy atom. The maximum atomic E-state index is 6.46. The summed E-state index contributed by atoms with van der Waals surface area (Å²) in [5.41, 5.74) is 6.00. The fourth-order valence-electron chi connectivity index (χ4n) is 5.38. The van der Waals surface area contributed by atoms with E-state index < -0.39 is 0 Å². The predicted molar refractivity (Wildman–Crippen MR) is 118 cm³/mol. The number of pyridine rings is 1. The summed E-state index contributed by atoms with van der Waals surface area (Å²) in [4.78, 5) is 9.84. The Kier molecular flexibility index (Phi) is 4.33. The summed E-state index contributed by atoms with van der Waals surface area (Å²) in [7, 11) is 0. The summed E-state index contributed by atoms with van der Waals surface area (Å²) in [6.07, 6.45) is 8.13. The lowest BCUT2D eigenvalue weighted by Crippen LogP contribution is -2.27. The molecule has 3 aromatic heterocycles. The first kappa shape index (κ1) is 18.6. The van der Waals surface area contributed by atoms with Crippen LogP contribution in [-0.4, -0.2) is 26.3 Å². The van der Waals surface area contributed by atoms with Crippen molar-refractivity contribution < 1.29 is 9.26 Å². The quantitative estimate of drug-likeness (QED) is 0.428. The van der Waals surface area contributed by atoms with Gasteiger partial charge in [-0.3, -0.25) is 4.98 Å². The van der Waals surface area contributed by atoms with Crippen molar-refractivity contribution in [2.24, 2.45) is 0 Å². The van der Waals surface area contributed by atoms with Crippen LogP contribution < -0.4 is 4.74 Å². The highest BCUT2D eigenvalue weighted by Crippen LogP contribution is 2.46. The average molecular weight is 415 g/mol. The van der Waals surface area contributed by atoms with Gasteiger partial charge in [-0.05, 0) is 51.0 Å². The number of rotatable bonds is 3. The molecule has 0 spiro atoms. The van der Waals surface area contributed by atoms with Gasteiger partial charge in [0, 0.05) is 17.7 Å². The van der Waals surface area contributed by atoms with E-state index in [1.807, 2.05) is 32.2 Å². The number of ether oxygens (including phenoxy) is 1. The molecule has 0 N–H and O–H groups in total. The van der Waals surface area contributed by atoms with Gasteiger partial charge >= 0.3 is 0 Å². The third kappa shape index (κ3) is 2.88. The Labute approximate surface area is 181 Å². The number of aryl methyl sites for hydroxylation is 2. The largest absolute Gasteiger partial charge is 0.488 e. The van der Waals surface area contributed by atoms with Crippen molar-refractivity contribution >= 4 is 11.0 Å². The molecule has 31 heavy (non-hydrogen) atoms. The van der Waals surface area contributed by atoms with Crippen molar-refractivity contribution in [3.63, 3.8) is 0 Å². The number of aromatic nitrogens is 4. The van der Waals surface area contributed by atoms with Crippen molar-refractivity contribution in [3.8, 4) is 16.9 Å². The lowest BCUT2D eigenvalue weighted by molar-refractivity contribution is 0.250. The molecule has 158 valence electrons. The highest BCUT2D eigenvalue weighted by atomic mass is 16.5. The molecule has 1 aliphatic heterocycles. The molecule has 1 fully saturated rings. The number of hydrogen-bond donors (Lipinski definition) is 0. The van der Waals surface area contributed by atoms with E-state index in [-0.39, 0.29) is 6.04 Å². The zero-order chi connectivity index (χ0) is 20.9. The van der Waals surface area contributed by atoms with Crippen LogP contribution in [0.1, 0.15) is 67.0 Å². The van der Waals surface area contributed by atoms with E-state index >= 15 is 0 Å². The Hall–Kier alpha value is -3.15. The summed E-state index contributed by atoms with van der Waals surface area (Å²) in [5, 5.41) is 4.17. The van der Waals surface area contributed by atoms with Crippen LogP contribution in [0.15, 0.2) is 41.1 Å². The van der Waals surface area contributed by atoms with Gasteiger partial charge in [0.15, 0.2) is 5.75 Å². The first-order valence-corrected chi connectivity index (χ1v) is 11.2. The molecule has 0 bridgehead atoms. The second-order valence-electron chi connectivity index (χ2n) is 8.77. The molecule has 1 atom stereocenters. The summed E-state index contributed by atoms with van der Waals surface area (Å²) >= 11 is 0. The molecular formula is C25H26N4O2. The minimum absolute atomic E-state index is 0.0237. The van der Waals surface area contributed by atoms with Crippen LogP contribution in [0.4, 0.5) is 0 Å². The first-order chi connectivity index (χ1) is 15.2. The van der Waals surface area contributed by atoms with Crippen LogP contribution in [0.5, 0.6) is 5.75 Å². The molecule has 2 aliphatic rings. The van der Waals surface area contributed by atoms with Crippen molar-refractivity contribution in [2.45, 2.75) is 57.9 Å². The fourth-order valence-corrected chi connectivity index (χ4v) is 5.38. The second kappa shape index (κ2) is 7.22. The van der Waals surface area contributed by atoms with E-state index in [9.17, 15) is 0 Å². The van der Waals surface area contributed by atoms with E-state index in [1.165, 1.54) is 37.9 Å². The van der Waals surface area contributed by atoms with E-state index in [0.717, 1.165) is 45.1 Å². The first-order valence-electron chi connectivity index (χ1n) is 11.2. The van der Waals surface area contributed by atoms with Crippen LogP contribution in [0.3, 0.4) is 0 Å². The molecule has 6 nitrogen and oxygen atoms in total. The van der Waals surface area contributed by atoms with Gasteiger partial charge in [0.2, 0.25) is 0 Å². The summed E-state index contributed by atoms with van der Waals surface area (Å²) < 4.78 is 14.3. The van der Waals surface area contributed by atoms with E-state index in [1.54, 1.807) is 0 Å². The number of hydrogen-bond acceptors (Lipinski definition) is 5. The molecule has 0 saturated heterocycles. The molecule has 0 amide bonds. The van der Waals surface area contributed by atoms with Crippen molar-refractivity contribution in [3.05, 3.63) is 59.5 Å². The molecular weight excluding hydrogens is 388 g/mol. The normalized spacial score (nSPS) is 19.0. The Morgan fingerprint density at radius 2 is 1.90 bits per heavy atom. The van der Waals surface area contributed by atoms with E-state index in [2.05, 4.69) is 32.9 Å². The van der Waals surface area contributed by atoms with Crippen molar-refractivity contribution in [1.82, 2.24) is 19.7 Å². The Morgan fingerprint density at radius 1 is 1.03 bits per heavy atom. The zero-order valence-corrected chi connectivity index (χ0v) is 18.0. The van der Waals surface area contributed by atoms with E-state index in [0.29, 0.717) is 12.5 Å². The maximum absolute atomic E-state index is 6.46. The SMILES string of the molecule is Cc1noc(C)c1-c1ccc2nc(C3CCCCC3)n3c2c1OC[C@@H]3c1ccccn1. The molecule has 0 unspecified atom stereocenters. The van der Waals surface area contributed by atoms with Crippen LogP contribution in [0.2, 0.25) is 0 Å². The molecule has 0 radical (unpaired) electrons. The molecule has 6 rings (SSSR count). The van der Waals surface area contributed by atoms with Crippen LogP contribution in [-0.2, 0) is 0 Å². The van der Waals surface area contributed by atoms with Crippen LogP contribution in [0, 0.1) is 13.8 Å². The standard InChI is InChI=1S/C25H26N4O2/c1-15-22(16(2)31-28-15)18-11-12-20-23-24(18)30-14-21(19-10-6-7-13-26-19)29(23)25(27-20)17-8-4-3-5-9-17/h6-7,10-13,17,21H,3-5,8-9,14H2,1-2H3/t21-/m1/s1. The zero-order valence-electron chi connectivity index (χ0n) is 18.0. The number of benzene rings is 1. The van der Waals surface area contributed by atoms with Gasteiger partial charge in [0.05, 0.1) is 22.5 Å². The van der Waals surface area contributed by atoms with Gasteiger partial charge in [0.1, 0.15) is 29.8 Å². The van der Waals surface area contributed by atoms with Crippen LogP contribution >= 0.6 is 0 Å². The van der Waals surface area contributed by atoms with Gasteiger partial charge < -0.3 is 13.8 Å². The lowest BCUT2D eigenvalue weighted by Gasteiger charge is -2.30. The average Bonchev–Trinajstić information content (AvgIpc) is 3.37. The minimum Gasteiger partial charge on any atom is -0.488 e. The lowest BCUT2D eigenvalue weighted by atomic mass is 9.88. The highest BCUT2D eigenvalue weighted by Gasteiger charge is 2.34. The summed E-state index contributed by atoms with van der Waals surface area (Å²) in [6.45, 7) is 4.47. The maximum Gasteiger partial charge on any atom is 0.153 e. The summed E-state index contributed by atoms with van der Waals surface area (Å²) in [6, 6.07) is 10.3. The third-order valence-corrected chi connectivity index (χ3v) is 6.83. The Bertz CT molecular complexity index is 1230. The van der Waals surface area contributed by atoms with Crippen LogP contribution in [0.25, 0.3) is 22.2 Å². The third-order valence-electron chi connectivity index (χ3n) is 6.83. The minimum atomic E-state index is 0.0237. The van der Waals surface area contributed by atoms with E-state index in [4.69, 9.17) is 14.2 Å². The topological polar surface area (TPSA) is 66.0 Å². The molecule has 4 aromatic rings. The van der Waals surface area contributed by atoms with Gasteiger partial charge in [-0.1, -0.05) is 30.5 Å². The second-order valence-corrected chi connectivity index (χ2v) is 8.77. The number of nitrogens with zero attached hydrogens (tertiary/aromatic N) is 4. The molecule has 6 heteroatoms. The molecule has 4 heterocycles. The summed E-state index contributed by atoms with van der Waals surface area (Å²) in [5.74, 6) is 3.36. The molecule has 1 aliphatic carbocycles. The Balaban J connectivity index is 1.62. The molecule has 1 aromatic carbocycles. The fraction of sp³-hybridized carbons (Fsp3) is 0.400. The highest BCUT2D eigenvalue weighted by molar-refractivity contribution is 5.93. The smallest absolute Gasteiger partial charge is 0.153 e. The van der Waals surface area contributed by atoms with Crippen molar-refractivity contribution in [1.29, 1.82) is 0 Å². The predicted octanol–water partition coefficient (Wildman–Crippen LogP) is 5.73. The van der Waals surface area contributed by atoms with Gasteiger partial charge in [0.25, 0.3) is 0 Å². The van der Waals surface area contributed by atoms with Gasteiger partial charge in [-0.2, -0.15) is 0 Å². The van der Waals surface area contributed by atoms with Crippen molar-refractivity contribution in [2.75, 3.05) is 6.61 Å². The van der Waals surface area contributed by atoms with Gasteiger partial charge in [-0.15, -0.1) is 0 Å².